The third kappa shape index (κ3) is 4.12. The number of hydrogen-bond donors (Lipinski definition) is 1. The van der Waals surface area contributed by atoms with Crippen molar-refractivity contribution in [3.8, 4) is 11.3 Å². The molecule has 1 aromatic heterocycles. The summed E-state index contributed by atoms with van der Waals surface area (Å²) in [5.74, 6) is -0.477. The van der Waals surface area contributed by atoms with Gasteiger partial charge >= 0.3 is 0 Å². The largest absolute Gasteiger partial charge is 0.320 e. The van der Waals surface area contributed by atoms with Gasteiger partial charge in [0.2, 0.25) is 0 Å². The molecule has 4 aromatic rings. The van der Waals surface area contributed by atoms with Gasteiger partial charge in [0.1, 0.15) is 0 Å². The van der Waals surface area contributed by atoms with Crippen molar-refractivity contribution in [2.75, 3.05) is 5.32 Å². The summed E-state index contributed by atoms with van der Waals surface area (Å²) < 4.78 is 0. The number of para-hydroxylation sites is 1. The average Bonchev–Trinajstić information content (AvgIpc) is 2.75. The van der Waals surface area contributed by atoms with E-state index in [1.807, 2.05) is 6.07 Å². The minimum Gasteiger partial charge on any atom is -0.320 e. The van der Waals surface area contributed by atoms with Gasteiger partial charge in [0.05, 0.1) is 37.4 Å². The molecule has 0 aliphatic rings. The predicted octanol–water partition coefficient (Wildman–Crippen LogP) is 7.33. The van der Waals surface area contributed by atoms with Crippen molar-refractivity contribution < 1.29 is 9.72 Å². The van der Waals surface area contributed by atoms with Gasteiger partial charge in [-0.05, 0) is 42.8 Å². The molecule has 3 aromatic carbocycles. The molecule has 1 N–H and O–H groups in total. The van der Waals surface area contributed by atoms with Crippen LogP contribution in [0.3, 0.4) is 0 Å². The lowest BCUT2D eigenvalue weighted by Gasteiger charge is -2.16. The lowest BCUT2D eigenvalue weighted by Crippen LogP contribution is -2.15. The van der Waals surface area contributed by atoms with E-state index in [0.717, 1.165) is 0 Å². The Labute approximate surface area is 197 Å². The number of nitro benzene ring substituents is 1. The Bertz CT molecular complexity index is 1410. The highest BCUT2D eigenvalue weighted by Gasteiger charge is 2.21. The Balaban J connectivity index is 1.88. The molecule has 0 radical (unpaired) electrons. The van der Waals surface area contributed by atoms with E-state index in [1.54, 1.807) is 43.3 Å². The van der Waals surface area contributed by atoms with E-state index < -0.39 is 10.8 Å². The molecule has 0 spiro atoms. The van der Waals surface area contributed by atoms with Crippen LogP contribution in [0.25, 0.3) is 22.2 Å². The highest BCUT2D eigenvalue weighted by molar-refractivity contribution is 6.36. The van der Waals surface area contributed by atoms with E-state index in [4.69, 9.17) is 39.8 Å². The summed E-state index contributed by atoms with van der Waals surface area (Å²) in [6.45, 7) is 1.77. The van der Waals surface area contributed by atoms with Gasteiger partial charge in [-0.2, -0.15) is 0 Å². The van der Waals surface area contributed by atoms with Crippen molar-refractivity contribution >= 4 is 63.0 Å². The van der Waals surface area contributed by atoms with Gasteiger partial charge in [0.25, 0.3) is 11.6 Å². The first-order valence-electron chi connectivity index (χ1n) is 9.36. The topological polar surface area (TPSA) is 85.1 Å². The highest BCUT2D eigenvalue weighted by Crippen LogP contribution is 2.36. The van der Waals surface area contributed by atoms with E-state index in [0.29, 0.717) is 43.3 Å². The molecule has 0 saturated carbocycles. The summed E-state index contributed by atoms with van der Waals surface area (Å²) in [6.07, 6.45) is 0. The Kier molecular flexibility index (Phi) is 6.02. The molecular formula is C23H14Cl3N3O3. The number of carbonyl (C=O) groups excluding carboxylic acids is 1. The maximum Gasteiger partial charge on any atom is 0.271 e. The Morgan fingerprint density at radius 1 is 1.00 bits per heavy atom. The van der Waals surface area contributed by atoms with E-state index in [9.17, 15) is 14.9 Å². The number of nitrogens with zero attached hydrogens (tertiary/aromatic N) is 2. The number of nitro groups is 1. The van der Waals surface area contributed by atoms with Crippen molar-refractivity contribution in [3.63, 3.8) is 0 Å². The number of aromatic nitrogens is 1. The number of hydrogen-bond acceptors (Lipinski definition) is 4. The molecular weight excluding hydrogens is 473 g/mol. The highest BCUT2D eigenvalue weighted by atomic mass is 35.5. The monoisotopic (exact) mass is 485 g/mol. The molecule has 160 valence electrons. The molecule has 32 heavy (non-hydrogen) atoms. The smallest absolute Gasteiger partial charge is 0.271 e. The number of rotatable bonds is 4. The summed E-state index contributed by atoms with van der Waals surface area (Å²) in [5.41, 5.74) is 2.65. The number of benzene rings is 3. The second kappa shape index (κ2) is 8.74. The number of fused-ring (bicyclic) bond motifs is 1. The summed E-state index contributed by atoms with van der Waals surface area (Å²) >= 11 is 18.6. The molecule has 9 heteroatoms. The molecule has 1 amide bonds. The van der Waals surface area contributed by atoms with Crippen molar-refractivity contribution in [1.82, 2.24) is 4.98 Å². The Hall–Kier alpha value is -3.19. The first kappa shape index (κ1) is 22.0. The molecule has 0 bridgehead atoms. The predicted molar refractivity (Wildman–Crippen MR) is 128 cm³/mol. The lowest BCUT2D eigenvalue weighted by atomic mass is 9.97. The average molecular weight is 487 g/mol. The fraction of sp³-hybridized carbons (Fsp3) is 0.0435. The van der Waals surface area contributed by atoms with Crippen LogP contribution >= 0.6 is 34.8 Å². The Morgan fingerprint density at radius 3 is 2.47 bits per heavy atom. The van der Waals surface area contributed by atoms with Crippen molar-refractivity contribution in [1.29, 1.82) is 0 Å². The zero-order valence-corrected chi connectivity index (χ0v) is 18.8. The number of anilines is 1. The molecule has 0 saturated heterocycles. The third-order valence-corrected chi connectivity index (χ3v) is 5.84. The molecule has 0 aliphatic heterocycles. The molecule has 0 unspecified atom stereocenters. The van der Waals surface area contributed by atoms with Crippen LogP contribution in [-0.2, 0) is 0 Å². The van der Waals surface area contributed by atoms with Gasteiger partial charge in [-0.3, -0.25) is 14.9 Å². The van der Waals surface area contributed by atoms with Crippen LogP contribution in [0, 0.1) is 17.0 Å². The van der Waals surface area contributed by atoms with Gasteiger partial charge in [0, 0.05) is 28.1 Å². The van der Waals surface area contributed by atoms with Gasteiger partial charge in [-0.1, -0.05) is 53.0 Å². The van der Waals surface area contributed by atoms with E-state index in [-0.39, 0.29) is 16.4 Å². The summed E-state index contributed by atoms with van der Waals surface area (Å²) in [7, 11) is 0. The molecule has 4 rings (SSSR count). The summed E-state index contributed by atoms with van der Waals surface area (Å²) in [4.78, 5) is 28.7. The second-order valence-electron chi connectivity index (χ2n) is 6.98. The van der Waals surface area contributed by atoms with Crippen LogP contribution in [-0.4, -0.2) is 15.8 Å². The van der Waals surface area contributed by atoms with E-state index in [1.165, 1.54) is 18.2 Å². The standard InChI is InChI=1S/C23H14Cl3N3O3/c1-12-21(23(30)28-20-11-14(29(31)32)7-9-17(20)25)16-4-2-3-5-19(16)27-22(12)15-8-6-13(24)10-18(15)26/h2-11H,1H3,(H,28,30). The summed E-state index contributed by atoms with van der Waals surface area (Å²) in [6, 6.07) is 16.1. The van der Waals surface area contributed by atoms with Crippen LogP contribution in [0.5, 0.6) is 0 Å². The van der Waals surface area contributed by atoms with Crippen molar-refractivity contribution in [2.45, 2.75) is 6.92 Å². The van der Waals surface area contributed by atoms with E-state index in [2.05, 4.69) is 5.32 Å². The minimum absolute atomic E-state index is 0.136. The fourth-order valence-corrected chi connectivity index (χ4v) is 4.11. The van der Waals surface area contributed by atoms with E-state index >= 15 is 0 Å². The first-order valence-corrected chi connectivity index (χ1v) is 10.5. The lowest BCUT2D eigenvalue weighted by molar-refractivity contribution is -0.384. The maximum atomic E-state index is 13.4. The van der Waals surface area contributed by atoms with Gasteiger partial charge in [-0.25, -0.2) is 4.98 Å². The molecule has 6 nitrogen and oxygen atoms in total. The Morgan fingerprint density at radius 2 is 1.75 bits per heavy atom. The minimum atomic E-state index is -0.556. The second-order valence-corrected chi connectivity index (χ2v) is 8.23. The van der Waals surface area contributed by atoms with Gasteiger partial charge in [-0.15, -0.1) is 0 Å². The fourth-order valence-electron chi connectivity index (χ4n) is 3.45. The number of nitrogens with one attached hydrogen (secondary N) is 1. The molecule has 0 atom stereocenters. The van der Waals surface area contributed by atoms with Crippen LogP contribution < -0.4 is 5.32 Å². The van der Waals surface area contributed by atoms with Crippen LogP contribution in [0.4, 0.5) is 11.4 Å². The van der Waals surface area contributed by atoms with Gasteiger partial charge in [0.15, 0.2) is 0 Å². The van der Waals surface area contributed by atoms with Crippen LogP contribution in [0.2, 0.25) is 15.1 Å². The first-order chi connectivity index (χ1) is 15.3. The molecule has 0 aliphatic carbocycles. The van der Waals surface area contributed by atoms with Crippen molar-refractivity contribution in [2.24, 2.45) is 0 Å². The number of pyridine rings is 1. The normalized spacial score (nSPS) is 10.9. The zero-order valence-electron chi connectivity index (χ0n) is 16.5. The van der Waals surface area contributed by atoms with Crippen LogP contribution in [0.15, 0.2) is 60.7 Å². The van der Waals surface area contributed by atoms with Crippen LogP contribution in [0.1, 0.15) is 15.9 Å². The number of amides is 1. The maximum absolute atomic E-state index is 13.4. The number of non-ortho nitro benzene ring substituents is 1. The molecule has 0 fully saturated rings. The third-order valence-electron chi connectivity index (χ3n) is 4.96. The van der Waals surface area contributed by atoms with Crippen molar-refractivity contribution in [3.05, 3.63) is 97.0 Å². The summed E-state index contributed by atoms with van der Waals surface area (Å²) in [5, 5.41) is 15.5. The zero-order chi connectivity index (χ0) is 23.0. The quantitative estimate of drug-likeness (QED) is 0.242. The number of halogens is 3. The SMILES string of the molecule is Cc1c(-c2ccc(Cl)cc2Cl)nc2ccccc2c1C(=O)Nc1cc([N+](=O)[O-])ccc1Cl. The number of carbonyl (C=O) groups is 1. The van der Waals surface area contributed by atoms with Gasteiger partial charge < -0.3 is 5.32 Å². The molecule has 1 heterocycles.